The lowest BCUT2D eigenvalue weighted by molar-refractivity contribution is 0.148. The van der Waals surface area contributed by atoms with Crippen LogP contribution in [0.4, 0.5) is 0 Å². The third-order valence-corrected chi connectivity index (χ3v) is 3.92. The molecule has 1 aromatic rings. The fraction of sp³-hybridized carbons (Fsp3) is 0.625. The van der Waals surface area contributed by atoms with Crippen molar-refractivity contribution in [3.8, 4) is 5.75 Å². The number of benzene rings is 1. The number of methoxy groups -OCH3 is 1. The molecular formula is C16H26N2O. The van der Waals surface area contributed by atoms with Crippen LogP contribution in [0, 0.1) is 5.41 Å². The lowest BCUT2D eigenvalue weighted by atomic mass is 9.82. The molecule has 1 heterocycles. The second-order valence-electron chi connectivity index (χ2n) is 6.11. The first-order valence-electron chi connectivity index (χ1n) is 7.13. The molecule has 3 heteroatoms. The van der Waals surface area contributed by atoms with E-state index in [-0.39, 0.29) is 0 Å². The summed E-state index contributed by atoms with van der Waals surface area (Å²) in [6, 6.07) is 8.35. The molecule has 2 rings (SSSR count). The van der Waals surface area contributed by atoms with Crippen molar-refractivity contribution in [1.82, 2.24) is 10.2 Å². The largest absolute Gasteiger partial charge is 0.497 e. The summed E-state index contributed by atoms with van der Waals surface area (Å²) in [6.45, 7) is 6.82. The number of nitrogens with one attached hydrogen (secondary N) is 1. The highest BCUT2D eigenvalue weighted by molar-refractivity contribution is 5.28. The maximum absolute atomic E-state index is 5.28. The van der Waals surface area contributed by atoms with E-state index in [0.29, 0.717) is 5.41 Å². The van der Waals surface area contributed by atoms with Crippen LogP contribution in [0.1, 0.15) is 25.3 Å². The lowest BCUT2D eigenvalue weighted by Crippen LogP contribution is -2.44. The van der Waals surface area contributed by atoms with Crippen molar-refractivity contribution in [1.29, 1.82) is 0 Å². The topological polar surface area (TPSA) is 24.5 Å². The molecule has 1 unspecified atom stereocenters. The van der Waals surface area contributed by atoms with Crippen molar-refractivity contribution in [2.75, 3.05) is 33.8 Å². The van der Waals surface area contributed by atoms with Gasteiger partial charge in [0.2, 0.25) is 0 Å². The van der Waals surface area contributed by atoms with Gasteiger partial charge in [-0.25, -0.2) is 0 Å². The minimum absolute atomic E-state index is 0.409. The van der Waals surface area contributed by atoms with Crippen LogP contribution in [0.2, 0.25) is 0 Å². The number of ether oxygens (including phenoxy) is 1. The third-order valence-electron chi connectivity index (χ3n) is 3.92. The van der Waals surface area contributed by atoms with E-state index in [2.05, 4.69) is 42.4 Å². The average molecular weight is 262 g/mol. The predicted octanol–water partition coefficient (Wildman–Crippen LogP) is 2.52. The van der Waals surface area contributed by atoms with Gasteiger partial charge in [-0.15, -0.1) is 0 Å². The van der Waals surface area contributed by atoms with Crippen molar-refractivity contribution in [3.05, 3.63) is 29.8 Å². The highest BCUT2D eigenvalue weighted by atomic mass is 16.5. The van der Waals surface area contributed by atoms with Crippen LogP contribution in [0.25, 0.3) is 0 Å². The predicted molar refractivity (Wildman–Crippen MR) is 79.5 cm³/mol. The maximum atomic E-state index is 5.28. The summed E-state index contributed by atoms with van der Waals surface area (Å²) in [6.07, 6.45) is 2.62. The van der Waals surface area contributed by atoms with Gasteiger partial charge in [0, 0.05) is 19.6 Å². The average Bonchev–Trinajstić information content (AvgIpc) is 2.39. The molecule has 19 heavy (non-hydrogen) atoms. The first kappa shape index (κ1) is 14.4. The molecule has 1 aliphatic heterocycles. The van der Waals surface area contributed by atoms with E-state index in [4.69, 9.17) is 4.74 Å². The van der Waals surface area contributed by atoms with Gasteiger partial charge >= 0.3 is 0 Å². The van der Waals surface area contributed by atoms with Crippen molar-refractivity contribution < 1.29 is 4.74 Å². The molecule has 1 aliphatic rings. The molecule has 1 fully saturated rings. The van der Waals surface area contributed by atoms with Crippen molar-refractivity contribution in [3.63, 3.8) is 0 Å². The van der Waals surface area contributed by atoms with E-state index in [1.165, 1.54) is 24.9 Å². The Morgan fingerprint density at radius 3 is 2.95 bits per heavy atom. The lowest BCUT2D eigenvalue weighted by Gasteiger charge is -2.37. The minimum atomic E-state index is 0.409. The van der Waals surface area contributed by atoms with Crippen LogP contribution < -0.4 is 10.1 Å². The summed E-state index contributed by atoms with van der Waals surface area (Å²) in [4.78, 5) is 2.42. The first-order chi connectivity index (χ1) is 9.11. The molecule has 1 aromatic carbocycles. The maximum Gasteiger partial charge on any atom is 0.119 e. The normalized spacial score (nSPS) is 23.6. The van der Waals surface area contributed by atoms with Crippen LogP contribution in [-0.4, -0.2) is 38.7 Å². The van der Waals surface area contributed by atoms with Crippen LogP contribution in [0.3, 0.4) is 0 Å². The molecule has 0 radical (unpaired) electrons. The Morgan fingerprint density at radius 2 is 2.26 bits per heavy atom. The summed E-state index contributed by atoms with van der Waals surface area (Å²) in [7, 11) is 3.93. The summed E-state index contributed by atoms with van der Waals surface area (Å²) >= 11 is 0. The van der Waals surface area contributed by atoms with Crippen molar-refractivity contribution in [2.24, 2.45) is 5.41 Å². The number of nitrogens with zero attached hydrogens (tertiary/aromatic N) is 1. The van der Waals surface area contributed by atoms with E-state index in [1.807, 2.05) is 6.07 Å². The van der Waals surface area contributed by atoms with Gasteiger partial charge in [0.15, 0.2) is 0 Å². The monoisotopic (exact) mass is 262 g/mol. The molecule has 3 nitrogen and oxygen atoms in total. The highest BCUT2D eigenvalue weighted by Gasteiger charge is 2.27. The Labute approximate surface area is 116 Å². The molecule has 0 spiro atoms. The minimum Gasteiger partial charge on any atom is -0.497 e. The molecule has 0 bridgehead atoms. The fourth-order valence-electron chi connectivity index (χ4n) is 3.04. The summed E-state index contributed by atoms with van der Waals surface area (Å²) in [5, 5.41) is 3.52. The zero-order valence-corrected chi connectivity index (χ0v) is 12.4. The van der Waals surface area contributed by atoms with Crippen LogP contribution in [-0.2, 0) is 6.54 Å². The third kappa shape index (κ3) is 4.22. The second kappa shape index (κ2) is 6.40. The standard InChI is InChI=1S/C16H26N2O/c1-16(8-5-9-17-12-16)13-18(2)11-14-6-4-7-15(10-14)19-3/h4,6-7,10,17H,5,8-9,11-13H2,1-3H3. The van der Waals surface area contributed by atoms with E-state index < -0.39 is 0 Å². The molecule has 0 saturated carbocycles. The summed E-state index contributed by atoms with van der Waals surface area (Å²) in [5.41, 5.74) is 1.72. The SMILES string of the molecule is COc1cccc(CN(C)CC2(C)CCCNC2)c1. The number of rotatable bonds is 5. The molecule has 1 N–H and O–H groups in total. The van der Waals surface area contributed by atoms with Crippen LogP contribution in [0.5, 0.6) is 5.75 Å². The van der Waals surface area contributed by atoms with Crippen LogP contribution >= 0.6 is 0 Å². The first-order valence-corrected chi connectivity index (χ1v) is 7.13. The van der Waals surface area contributed by atoms with E-state index >= 15 is 0 Å². The molecule has 0 aliphatic carbocycles. The van der Waals surface area contributed by atoms with Gasteiger partial charge in [0.25, 0.3) is 0 Å². The Hall–Kier alpha value is -1.06. The molecule has 1 atom stereocenters. The van der Waals surface area contributed by atoms with Crippen molar-refractivity contribution in [2.45, 2.75) is 26.3 Å². The Bertz CT molecular complexity index is 399. The second-order valence-corrected chi connectivity index (χ2v) is 6.11. The van der Waals surface area contributed by atoms with E-state index in [1.54, 1.807) is 7.11 Å². The van der Waals surface area contributed by atoms with Crippen molar-refractivity contribution >= 4 is 0 Å². The van der Waals surface area contributed by atoms with Gasteiger partial charge in [-0.1, -0.05) is 19.1 Å². The van der Waals surface area contributed by atoms with Gasteiger partial charge in [0.1, 0.15) is 5.75 Å². The Morgan fingerprint density at radius 1 is 1.42 bits per heavy atom. The molecule has 0 amide bonds. The quantitative estimate of drug-likeness (QED) is 0.882. The van der Waals surface area contributed by atoms with Gasteiger partial charge in [0.05, 0.1) is 7.11 Å². The molecular weight excluding hydrogens is 236 g/mol. The van der Waals surface area contributed by atoms with Gasteiger partial charge in [-0.2, -0.15) is 0 Å². The Kier molecular flexibility index (Phi) is 4.83. The number of hydrogen-bond acceptors (Lipinski definition) is 3. The van der Waals surface area contributed by atoms with Gasteiger partial charge in [-0.3, -0.25) is 0 Å². The highest BCUT2D eigenvalue weighted by Crippen LogP contribution is 2.26. The summed E-state index contributed by atoms with van der Waals surface area (Å²) < 4.78 is 5.28. The molecule has 0 aromatic heterocycles. The Balaban J connectivity index is 1.91. The summed E-state index contributed by atoms with van der Waals surface area (Å²) in [5.74, 6) is 0.941. The zero-order chi connectivity index (χ0) is 13.7. The fourth-order valence-corrected chi connectivity index (χ4v) is 3.04. The molecule has 1 saturated heterocycles. The van der Waals surface area contributed by atoms with E-state index in [0.717, 1.165) is 25.4 Å². The number of hydrogen-bond donors (Lipinski definition) is 1. The van der Waals surface area contributed by atoms with Crippen LogP contribution in [0.15, 0.2) is 24.3 Å². The van der Waals surface area contributed by atoms with Gasteiger partial charge in [-0.05, 0) is 49.5 Å². The zero-order valence-electron chi connectivity index (χ0n) is 12.4. The molecule has 106 valence electrons. The van der Waals surface area contributed by atoms with E-state index in [9.17, 15) is 0 Å². The smallest absolute Gasteiger partial charge is 0.119 e. The number of piperidine rings is 1. The van der Waals surface area contributed by atoms with Gasteiger partial charge < -0.3 is 15.0 Å².